The summed E-state index contributed by atoms with van der Waals surface area (Å²) in [5.74, 6) is 0. The van der Waals surface area contributed by atoms with Crippen LogP contribution in [0.15, 0.2) is 103 Å². The molecule has 1 heterocycles. The van der Waals surface area contributed by atoms with Gasteiger partial charge in [-0.05, 0) is 37.5 Å². The van der Waals surface area contributed by atoms with Crippen molar-refractivity contribution in [3.63, 3.8) is 0 Å². The highest BCUT2D eigenvalue weighted by Gasteiger charge is 2.39. The summed E-state index contributed by atoms with van der Waals surface area (Å²) in [7, 11) is 0. The van der Waals surface area contributed by atoms with Gasteiger partial charge in [-0.3, -0.25) is 4.90 Å². The highest BCUT2D eigenvalue weighted by atomic mass is 16.6. The van der Waals surface area contributed by atoms with Crippen LogP contribution in [0.5, 0.6) is 0 Å². The molecular weight excluding hydrogens is 410 g/mol. The Balaban J connectivity index is 1.72. The number of carbonyl (C=O) groups is 1. The first-order valence-corrected chi connectivity index (χ1v) is 11.4. The van der Waals surface area contributed by atoms with Gasteiger partial charge in [0.25, 0.3) is 0 Å². The Morgan fingerprint density at radius 1 is 0.818 bits per heavy atom. The molecule has 0 saturated carbocycles. The lowest BCUT2D eigenvalue weighted by Crippen LogP contribution is -2.44. The maximum absolute atomic E-state index is 12.8. The molecular formula is C29H31NO3. The molecule has 4 nitrogen and oxygen atoms in total. The topological polar surface area (TPSA) is 38.8 Å². The van der Waals surface area contributed by atoms with Gasteiger partial charge in [-0.15, -0.1) is 0 Å². The monoisotopic (exact) mass is 441 g/mol. The normalized spacial score (nSPS) is 16.1. The molecule has 4 heteroatoms. The van der Waals surface area contributed by atoms with Crippen molar-refractivity contribution in [2.24, 2.45) is 0 Å². The molecule has 33 heavy (non-hydrogen) atoms. The highest BCUT2D eigenvalue weighted by Crippen LogP contribution is 2.40. The van der Waals surface area contributed by atoms with Crippen LogP contribution in [0, 0.1) is 0 Å². The molecule has 0 radical (unpaired) electrons. The van der Waals surface area contributed by atoms with Crippen molar-refractivity contribution >= 4 is 6.09 Å². The third-order valence-electron chi connectivity index (χ3n) is 5.70. The summed E-state index contributed by atoms with van der Waals surface area (Å²) >= 11 is 0. The van der Waals surface area contributed by atoms with Crippen molar-refractivity contribution in [3.8, 4) is 0 Å². The second-order valence-electron chi connectivity index (χ2n) is 9.22. The average Bonchev–Trinajstić information content (AvgIpc) is 3.30. The smallest absolute Gasteiger partial charge is 0.411 e. The van der Waals surface area contributed by atoms with E-state index >= 15 is 0 Å². The predicted octanol–water partition coefficient (Wildman–Crippen LogP) is 6.17. The molecule has 1 atom stereocenters. The molecule has 3 aromatic rings. The Labute approximate surface area is 196 Å². The van der Waals surface area contributed by atoms with Gasteiger partial charge in [-0.1, -0.05) is 103 Å². The number of ether oxygens (including phenoxy) is 2. The van der Waals surface area contributed by atoms with Gasteiger partial charge in [0.2, 0.25) is 0 Å². The largest absolute Gasteiger partial charge is 0.444 e. The van der Waals surface area contributed by atoms with Gasteiger partial charge in [-0.2, -0.15) is 0 Å². The van der Waals surface area contributed by atoms with Crippen LogP contribution in [0.3, 0.4) is 0 Å². The summed E-state index contributed by atoms with van der Waals surface area (Å²) < 4.78 is 12.5. The second kappa shape index (κ2) is 9.63. The van der Waals surface area contributed by atoms with Gasteiger partial charge in [-0.25, -0.2) is 4.79 Å². The van der Waals surface area contributed by atoms with Crippen molar-refractivity contribution < 1.29 is 14.3 Å². The molecule has 0 fully saturated rings. The fraction of sp³-hybridized carbons (Fsp3) is 0.276. The number of amides is 1. The summed E-state index contributed by atoms with van der Waals surface area (Å²) in [6, 6.07) is 30.5. The zero-order valence-corrected chi connectivity index (χ0v) is 19.5. The molecule has 0 bridgehead atoms. The van der Waals surface area contributed by atoms with E-state index in [1.54, 1.807) is 4.90 Å². The first-order chi connectivity index (χ1) is 15.9. The van der Waals surface area contributed by atoms with Crippen LogP contribution in [0.25, 0.3) is 0 Å². The van der Waals surface area contributed by atoms with Gasteiger partial charge < -0.3 is 9.47 Å². The molecule has 0 spiro atoms. The zero-order chi connectivity index (χ0) is 23.3. The van der Waals surface area contributed by atoms with Gasteiger partial charge in [0.15, 0.2) is 0 Å². The molecule has 1 aliphatic heterocycles. The number of carbonyl (C=O) groups excluding carboxylic acids is 1. The molecule has 1 amide bonds. The van der Waals surface area contributed by atoms with E-state index in [2.05, 4.69) is 36.4 Å². The maximum Gasteiger partial charge on any atom is 0.411 e. The quantitative estimate of drug-likeness (QED) is 0.339. The lowest BCUT2D eigenvalue weighted by atomic mass is 9.80. The van der Waals surface area contributed by atoms with Crippen LogP contribution in [0.4, 0.5) is 4.79 Å². The van der Waals surface area contributed by atoms with E-state index < -0.39 is 11.2 Å². The zero-order valence-electron chi connectivity index (χ0n) is 19.5. The van der Waals surface area contributed by atoms with E-state index in [1.165, 1.54) is 0 Å². The van der Waals surface area contributed by atoms with Gasteiger partial charge in [0.1, 0.15) is 11.2 Å². The number of rotatable bonds is 6. The number of benzene rings is 3. The van der Waals surface area contributed by atoms with E-state index in [1.807, 2.05) is 87.5 Å². The standard InChI is InChI=1S/C29H31NO3/c1-28(2,3)33-27(31)30-21-13-20-26(30)22-32-29(23-14-7-4-8-15-23,24-16-9-5-10-17-24)25-18-11-6-12-19-25/h4-20,26H,21-22H2,1-3H3/t26-/m1/s1. The first-order valence-electron chi connectivity index (χ1n) is 11.4. The van der Waals surface area contributed by atoms with Crippen LogP contribution in [0.1, 0.15) is 37.5 Å². The van der Waals surface area contributed by atoms with Crippen molar-refractivity contribution in [2.75, 3.05) is 13.2 Å². The fourth-order valence-electron chi connectivity index (χ4n) is 4.23. The molecule has 4 rings (SSSR count). The van der Waals surface area contributed by atoms with Crippen LogP contribution in [-0.4, -0.2) is 35.8 Å². The van der Waals surface area contributed by atoms with E-state index in [-0.39, 0.29) is 12.1 Å². The highest BCUT2D eigenvalue weighted by molar-refractivity contribution is 5.69. The molecule has 0 N–H and O–H groups in total. The Bertz CT molecular complexity index is 975. The van der Waals surface area contributed by atoms with Crippen LogP contribution in [-0.2, 0) is 15.1 Å². The van der Waals surface area contributed by atoms with Crippen molar-refractivity contribution in [2.45, 2.75) is 38.0 Å². The van der Waals surface area contributed by atoms with Gasteiger partial charge in [0.05, 0.1) is 12.6 Å². The van der Waals surface area contributed by atoms with Crippen molar-refractivity contribution in [1.82, 2.24) is 4.90 Å². The SMILES string of the molecule is CC(C)(C)OC(=O)N1CC=C[C@@H]1COC(c1ccccc1)(c1ccccc1)c1ccccc1. The Morgan fingerprint density at radius 3 is 1.70 bits per heavy atom. The van der Waals surface area contributed by atoms with Crippen molar-refractivity contribution in [3.05, 3.63) is 120 Å². The number of nitrogens with zero attached hydrogens (tertiary/aromatic N) is 1. The van der Waals surface area contributed by atoms with Gasteiger partial charge in [0, 0.05) is 6.54 Å². The molecule has 0 saturated heterocycles. The average molecular weight is 442 g/mol. The third kappa shape index (κ3) is 5.01. The molecule has 0 unspecified atom stereocenters. The van der Waals surface area contributed by atoms with Gasteiger partial charge >= 0.3 is 6.09 Å². The van der Waals surface area contributed by atoms with E-state index in [0.717, 1.165) is 16.7 Å². The summed E-state index contributed by atoms with van der Waals surface area (Å²) in [6.45, 7) is 6.48. The Hall–Kier alpha value is -3.37. The lowest BCUT2D eigenvalue weighted by Gasteiger charge is -2.38. The van der Waals surface area contributed by atoms with Crippen LogP contribution < -0.4 is 0 Å². The summed E-state index contributed by atoms with van der Waals surface area (Å²) in [6.07, 6.45) is 3.69. The fourth-order valence-corrected chi connectivity index (χ4v) is 4.23. The molecule has 0 aliphatic carbocycles. The van der Waals surface area contributed by atoms with E-state index in [4.69, 9.17) is 9.47 Å². The van der Waals surface area contributed by atoms with Crippen LogP contribution in [0.2, 0.25) is 0 Å². The first kappa shape index (κ1) is 22.8. The molecule has 1 aliphatic rings. The van der Waals surface area contributed by atoms with Crippen LogP contribution >= 0.6 is 0 Å². The summed E-state index contributed by atoms with van der Waals surface area (Å²) in [5.41, 5.74) is 1.74. The van der Waals surface area contributed by atoms with E-state index in [0.29, 0.717) is 13.2 Å². The Morgan fingerprint density at radius 2 is 1.27 bits per heavy atom. The third-order valence-corrected chi connectivity index (χ3v) is 5.70. The number of hydrogen-bond donors (Lipinski definition) is 0. The minimum Gasteiger partial charge on any atom is -0.444 e. The van der Waals surface area contributed by atoms with Crippen molar-refractivity contribution in [1.29, 1.82) is 0 Å². The lowest BCUT2D eigenvalue weighted by molar-refractivity contribution is -0.0200. The minimum absolute atomic E-state index is 0.213. The summed E-state index contributed by atoms with van der Waals surface area (Å²) in [4.78, 5) is 14.5. The molecule has 0 aromatic heterocycles. The molecule has 3 aromatic carbocycles. The predicted molar refractivity (Wildman–Crippen MR) is 131 cm³/mol. The maximum atomic E-state index is 12.8. The molecule has 170 valence electrons. The summed E-state index contributed by atoms with van der Waals surface area (Å²) in [5, 5.41) is 0. The minimum atomic E-state index is -0.820. The Kier molecular flexibility index (Phi) is 6.66. The van der Waals surface area contributed by atoms with E-state index in [9.17, 15) is 4.79 Å². The second-order valence-corrected chi connectivity index (χ2v) is 9.22. The number of hydrogen-bond acceptors (Lipinski definition) is 3.